The highest BCUT2D eigenvalue weighted by Crippen LogP contribution is 2.19. The zero-order chi connectivity index (χ0) is 20.2. The molecule has 0 aromatic heterocycles. The molecule has 1 unspecified atom stereocenters. The van der Waals surface area contributed by atoms with Crippen molar-refractivity contribution in [2.24, 2.45) is 0 Å². The minimum atomic E-state index is -0.570. The van der Waals surface area contributed by atoms with Crippen LogP contribution in [0.25, 0.3) is 5.57 Å². The maximum atomic E-state index is 12.6. The van der Waals surface area contributed by atoms with Gasteiger partial charge in [0, 0.05) is 25.5 Å². The topological polar surface area (TPSA) is 58.6 Å². The van der Waals surface area contributed by atoms with Crippen LogP contribution in [-0.2, 0) is 11.3 Å². The minimum Gasteiger partial charge on any atom is -0.394 e. The van der Waals surface area contributed by atoms with Crippen molar-refractivity contribution in [3.8, 4) is 0 Å². The number of rotatable bonds is 10. The number of benzene rings is 2. The van der Waals surface area contributed by atoms with Gasteiger partial charge in [0.15, 0.2) is 5.78 Å². The Morgan fingerprint density at radius 1 is 1.11 bits per heavy atom. The first-order valence-electron chi connectivity index (χ1n) is 9.32. The summed E-state index contributed by atoms with van der Waals surface area (Å²) in [6.07, 6.45) is 9.81. The largest absolute Gasteiger partial charge is 0.394 e. The number of ketones is 1. The minimum absolute atomic E-state index is 0.0619. The van der Waals surface area contributed by atoms with Crippen molar-refractivity contribution in [3.63, 3.8) is 0 Å². The van der Waals surface area contributed by atoms with E-state index in [9.17, 15) is 10.1 Å². The van der Waals surface area contributed by atoms with Crippen molar-refractivity contribution in [2.45, 2.75) is 25.9 Å². The van der Waals surface area contributed by atoms with Crippen molar-refractivity contribution in [1.29, 1.82) is 0 Å². The molecule has 0 bridgehead atoms. The number of nitrogens with one attached hydrogen (secondary N) is 1. The van der Waals surface area contributed by atoms with Gasteiger partial charge in [-0.05, 0) is 35.9 Å². The van der Waals surface area contributed by atoms with Gasteiger partial charge < -0.3 is 5.32 Å². The molecule has 0 saturated carbocycles. The Hall–Kier alpha value is -2.95. The fraction of sp³-hybridized carbons (Fsp3) is 0.208. The van der Waals surface area contributed by atoms with E-state index in [4.69, 9.17) is 0 Å². The summed E-state index contributed by atoms with van der Waals surface area (Å²) in [5.74, 6) is -0.0619. The zero-order valence-electron chi connectivity index (χ0n) is 16.3. The highest BCUT2D eigenvalue weighted by atomic mass is 17.1. The lowest BCUT2D eigenvalue weighted by Gasteiger charge is -2.13. The highest BCUT2D eigenvalue weighted by Gasteiger charge is 2.17. The number of carbonyl (C=O) groups excluding carboxylic acids is 1. The fourth-order valence-corrected chi connectivity index (χ4v) is 2.87. The molecule has 28 heavy (non-hydrogen) atoms. The lowest BCUT2D eigenvalue weighted by molar-refractivity contribution is -0.276. The van der Waals surface area contributed by atoms with Gasteiger partial charge in [-0.15, -0.1) is 0 Å². The number of hydrogen-bond acceptors (Lipinski definition) is 4. The van der Waals surface area contributed by atoms with E-state index in [1.807, 2.05) is 99.1 Å². The Labute approximate surface area is 166 Å². The van der Waals surface area contributed by atoms with Crippen LogP contribution >= 0.6 is 0 Å². The van der Waals surface area contributed by atoms with Gasteiger partial charge in [-0.1, -0.05) is 72.8 Å². The van der Waals surface area contributed by atoms with E-state index in [2.05, 4.69) is 10.2 Å². The zero-order valence-corrected chi connectivity index (χ0v) is 16.3. The predicted molar refractivity (Wildman–Crippen MR) is 114 cm³/mol. The first-order valence-corrected chi connectivity index (χ1v) is 9.32. The number of hydrogen-bond donors (Lipinski definition) is 2. The first-order chi connectivity index (χ1) is 13.7. The van der Waals surface area contributed by atoms with Crippen LogP contribution in [0.4, 0.5) is 0 Å². The van der Waals surface area contributed by atoms with Gasteiger partial charge in [0.1, 0.15) is 6.10 Å². The normalized spacial score (nSPS) is 13.2. The van der Waals surface area contributed by atoms with Gasteiger partial charge in [0.25, 0.3) is 0 Å². The van der Waals surface area contributed by atoms with Crippen LogP contribution in [0.15, 0.2) is 85.1 Å². The molecule has 0 spiro atoms. The summed E-state index contributed by atoms with van der Waals surface area (Å²) in [5, 5.41) is 12.1. The summed E-state index contributed by atoms with van der Waals surface area (Å²) in [7, 11) is 1.85. The van der Waals surface area contributed by atoms with Gasteiger partial charge in [-0.2, -0.15) is 0 Å². The Kier molecular flexibility index (Phi) is 8.92. The molecule has 1 atom stereocenters. The Morgan fingerprint density at radius 2 is 1.79 bits per heavy atom. The second kappa shape index (κ2) is 11.7. The van der Waals surface area contributed by atoms with Crippen LogP contribution in [0.1, 0.15) is 34.8 Å². The van der Waals surface area contributed by atoms with Gasteiger partial charge >= 0.3 is 0 Å². The molecule has 4 nitrogen and oxygen atoms in total. The molecule has 2 aromatic carbocycles. The van der Waals surface area contributed by atoms with Crippen molar-refractivity contribution >= 4 is 11.4 Å². The third kappa shape index (κ3) is 6.65. The first kappa shape index (κ1) is 21.4. The van der Waals surface area contributed by atoms with E-state index in [1.54, 1.807) is 0 Å². The smallest absolute Gasteiger partial charge is 0.165 e. The molecule has 0 aliphatic heterocycles. The molecule has 146 valence electrons. The monoisotopic (exact) mass is 377 g/mol. The molecule has 0 amide bonds. The molecule has 0 aliphatic rings. The molecule has 0 fully saturated rings. The standard InChI is InChI=1S/C24H27NO3/c1-3-8-20(11-7-16-25-2)21-12-14-22(15-13-21)24(26)18-23(28-27)17-19-9-5-4-6-10-19/h3-16,23,25,27H,17-18H2,1-2H3/b8-3-,16-7+,20-11+. The summed E-state index contributed by atoms with van der Waals surface area (Å²) in [6.45, 7) is 1.97. The van der Waals surface area contributed by atoms with Crippen molar-refractivity contribution in [2.75, 3.05) is 7.05 Å². The van der Waals surface area contributed by atoms with Gasteiger partial charge in [-0.25, -0.2) is 4.89 Å². The maximum absolute atomic E-state index is 12.6. The number of allylic oxidation sites excluding steroid dienone is 5. The average molecular weight is 377 g/mol. The number of Topliss-reactive ketones (excluding diaryl/α,β-unsaturated/α-hetero) is 1. The Balaban J connectivity index is 2.07. The molecule has 2 rings (SSSR count). The van der Waals surface area contributed by atoms with Crippen LogP contribution in [0.2, 0.25) is 0 Å². The predicted octanol–water partition coefficient (Wildman–Crippen LogP) is 5.05. The summed E-state index contributed by atoms with van der Waals surface area (Å²) < 4.78 is 0. The van der Waals surface area contributed by atoms with Gasteiger partial charge in [-0.3, -0.25) is 10.1 Å². The molecule has 2 N–H and O–H groups in total. The Bertz CT molecular complexity index is 821. The summed E-state index contributed by atoms with van der Waals surface area (Å²) in [4.78, 5) is 17.1. The number of carbonyl (C=O) groups is 1. The average Bonchev–Trinajstić information content (AvgIpc) is 2.73. The molecular weight excluding hydrogens is 350 g/mol. The molecule has 0 aliphatic carbocycles. The summed E-state index contributed by atoms with van der Waals surface area (Å²) >= 11 is 0. The molecular formula is C24H27NO3. The SMILES string of the molecule is C\C=C/C(=C\C=C\NC)c1ccc(C(=O)CC(Cc2ccccc2)OO)cc1. The fourth-order valence-electron chi connectivity index (χ4n) is 2.87. The van der Waals surface area contributed by atoms with E-state index >= 15 is 0 Å². The molecule has 0 radical (unpaired) electrons. The van der Waals surface area contributed by atoms with Crippen molar-refractivity contribution in [3.05, 3.63) is 102 Å². The lowest BCUT2D eigenvalue weighted by atomic mass is 9.97. The highest BCUT2D eigenvalue weighted by molar-refractivity contribution is 5.96. The van der Waals surface area contributed by atoms with E-state index in [0.29, 0.717) is 12.0 Å². The van der Waals surface area contributed by atoms with Crippen molar-refractivity contribution < 1.29 is 14.9 Å². The summed E-state index contributed by atoms with van der Waals surface area (Å²) in [5.41, 5.74) is 3.69. The van der Waals surface area contributed by atoms with E-state index in [0.717, 1.165) is 16.7 Å². The third-order valence-electron chi connectivity index (χ3n) is 4.29. The molecule has 2 aromatic rings. The van der Waals surface area contributed by atoms with Crippen LogP contribution < -0.4 is 5.32 Å². The van der Waals surface area contributed by atoms with Crippen LogP contribution in [-0.4, -0.2) is 24.2 Å². The van der Waals surface area contributed by atoms with Crippen LogP contribution in [0.3, 0.4) is 0 Å². The van der Waals surface area contributed by atoms with E-state index in [1.165, 1.54) is 0 Å². The summed E-state index contributed by atoms with van der Waals surface area (Å²) in [6, 6.07) is 17.2. The van der Waals surface area contributed by atoms with Crippen molar-refractivity contribution in [1.82, 2.24) is 5.32 Å². The van der Waals surface area contributed by atoms with Crippen LogP contribution in [0.5, 0.6) is 0 Å². The second-order valence-corrected chi connectivity index (χ2v) is 6.39. The maximum Gasteiger partial charge on any atom is 0.165 e. The molecule has 0 saturated heterocycles. The molecule has 4 heteroatoms. The van der Waals surface area contributed by atoms with E-state index < -0.39 is 6.10 Å². The quantitative estimate of drug-likeness (QED) is 0.263. The second-order valence-electron chi connectivity index (χ2n) is 6.39. The third-order valence-corrected chi connectivity index (χ3v) is 4.29. The lowest BCUT2D eigenvalue weighted by Crippen LogP contribution is -2.19. The van der Waals surface area contributed by atoms with Crippen LogP contribution in [0, 0.1) is 0 Å². The molecule has 0 heterocycles. The Morgan fingerprint density at radius 3 is 2.39 bits per heavy atom. The van der Waals surface area contributed by atoms with E-state index in [-0.39, 0.29) is 12.2 Å². The van der Waals surface area contributed by atoms with Gasteiger partial charge in [0.05, 0.1) is 0 Å². The van der Waals surface area contributed by atoms with Gasteiger partial charge in [0.2, 0.25) is 0 Å².